The van der Waals surface area contributed by atoms with E-state index in [1.807, 2.05) is 18.7 Å². The predicted molar refractivity (Wildman–Crippen MR) is 60.7 cm³/mol. The van der Waals surface area contributed by atoms with Crippen molar-refractivity contribution in [3.63, 3.8) is 0 Å². The number of hydrogen-bond donors (Lipinski definition) is 1. The Kier molecular flexibility index (Phi) is 4.78. The maximum atomic E-state index is 5.08. The van der Waals surface area contributed by atoms with Gasteiger partial charge in [-0.15, -0.1) is 0 Å². The Balaban J connectivity index is 2.28. The Morgan fingerprint density at radius 3 is 2.87 bits per heavy atom. The van der Waals surface area contributed by atoms with Gasteiger partial charge >= 0.3 is 0 Å². The van der Waals surface area contributed by atoms with Crippen molar-refractivity contribution in [2.45, 2.75) is 20.4 Å². The maximum Gasteiger partial charge on any atom is 0.0597 e. The van der Waals surface area contributed by atoms with E-state index in [9.17, 15) is 0 Å². The smallest absolute Gasteiger partial charge is 0.0597 e. The van der Waals surface area contributed by atoms with E-state index in [0.717, 1.165) is 25.4 Å². The lowest BCUT2D eigenvalue weighted by Crippen LogP contribution is -2.24. The lowest BCUT2D eigenvalue weighted by Gasteiger charge is -2.11. The summed E-state index contributed by atoms with van der Waals surface area (Å²) in [5.41, 5.74) is 2.29. The summed E-state index contributed by atoms with van der Waals surface area (Å²) in [5.74, 6) is 0.546. The van der Waals surface area contributed by atoms with Crippen LogP contribution in [-0.4, -0.2) is 30.0 Å². The van der Waals surface area contributed by atoms with E-state index in [-0.39, 0.29) is 0 Å². The minimum Gasteiger partial charge on any atom is -0.384 e. The molecule has 1 atom stereocenters. The van der Waals surface area contributed by atoms with E-state index < -0.39 is 0 Å². The molecule has 0 aromatic carbocycles. The van der Waals surface area contributed by atoms with Crippen molar-refractivity contribution in [3.05, 3.63) is 17.5 Å². The average molecular weight is 211 g/mol. The van der Waals surface area contributed by atoms with Gasteiger partial charge in [0.05, 0.1) is 11.4 Å². The van der Waals surface area contributed by atoms with Crippen LogP contribution in [0.1, 0.15) is 18.3 Å². The Labute approximate surface area is 91.6 Å². The Morgan fingerprint density at radius 2 is 2.33 bits per heavy atom. The summed E-state index contributed by atoms with van der Waals surface area (Å²) in [6.45, 7) is 6.82. The third-order valence-electron chi connectivity index (χ3n) is 2.35. The van der Waals surface area contributed by atoms with Gasteiger partial charge in [0.25, 0.3) is 0 Å². The highest BCUT2D eigenvalue weighted by atomic mass is 16.5. The van der Waals surface area contributed by atoms with E-state index in [1.165, 1.54) is 5.69 Å². The first-order valence-electron chi connectivity index (χ1n) is 5.32. The molecule has 0 saturated heterocycles. The number of hydrogen-bond acceptors (Lipinski definition) is 3. The second-order valence-electron chi connectivity index (χ2n) is 4.09. The molecule has 15 heavy (non-hydrogen) atoms. The van der Waals surface area contributed by atoms with E-state index in [2.05, 4.69) is 23.4 Å². The number of methoxy groups -OCH3 is 1. The molecule has 0 fully saturated rings. The average Bonchev–Trinajstić information content (AvgIpc) is 2.46. The molecule has 0 aliphatic rings. The van der Waals surface area contributed by atoms with Gasteiger partial charge in [0.1, 0.15) is 0 Å². The summed E-state index contributed by atoms with van der Waals surface area (Å²) in [7, 11) is 3.71. The Bertz CT molecular complexity index is 296. The summed E-state index contributed by atoms with van der Waals surface area (Å²) in [5, 5.41) is 7.70. The van der Waals surface area contributed by atoms with E-state index in [0.29, 0.717) is 5.92 Å². The van der Waals surface area contributed by atoms with Gasteiger partial charge in [0, 0.05) is 33.9 Å². The highest BCUT2D eigenvalue weighted by Gasteiger charge is 2.03. The number of aryl methyl sites for hydroxylation is 2. The first-order valence-corrected chi connectivity index (χ1v) is 5.32. The summed E-state index contributed by atoms with van der Waals surface area (Å²) in [6.07, 6.45) is 0. The van der Waals surface area contributed by atoms with Gasteiger partial charge in [0.2, 0.25) is 0 Å². The van der Waals surface area contributed by atoms with Crippen molar-refractivity contribution in [3.8, 4) is 0 Å². The third-order valence-corrected chi connectivity index (χ3v) is 2.35. The molecule has 0 aliphatic carbocycles. The van der Waals surface area contributed by atoms with Crippen molar-refractivity contribution in [2.75, 3.05) is 20.3 Å². The van der Waals surface area contributed by atoms with Crippen LogP contribution in [0, 0.1) is 12.8 Å². The van der Waals surface area contributed by atoms with E-state index in [1.54, 1.807) is 7.11 Å². The van der Waals surface area contributed by atoms with Gasteiger partial charge in [-0.05, 0) is 18.9 Å². The normalized spacial score (nSPS) is 13.1. The quantitative estimate of drug-likeness (QED) is 0.766. The number of aromatic nitrogens is 2. The van der Waals surface area contributed by atoms with Gasteiger partial charge in [-0.2, -0.15) is 5.10 Å². The van der Waals surface area contributed by atoms with Crippen molar-refractivity contribution in [1.29, 1.82) is 0 Å². The highest BCUT2D eigenvalue weighted by Crippen LogP contribution is 2.01. The van der Waals surface area contributed by atoms with Gasteiger partial charge in [-0.25, -0.2) is 0 Å². The molecular formula is C11H21N3O. The second-order valence-corrected chi connectivity index (χ2v) is 4.09. The van der Waals surface area contributed by atoms with Crippen LogP contribution in [-0.2, 0) is 18.3 Å². The minimum atomic E-state index is 0.546. The first-order chi connectivity index (χ1) is 7.13. The molecule has 4 nitrogen and oxygen atoms in total. The fraction of sp³-hybridized carbons (Fsp3) is 0.727. The van der Waals surface area contributed by atoms with Crippen molar-refractivity contribution in [2.24, 2.45) is 13.0 Å². The van der Waals surface area contributed by atoms with E-state index in [4.69, 9.17) is 4.74 Å². The minimum absolute atomic E-state index is 0.546. The zero-order valence-corrected chi connectivity index (χ0v) is 10.1. The van der Waals surface area contributed by atoms with Crippen LogP contribution in [0.5, 0.6) is 0 Å². The largest absolute Gasteiger partial charge is 0.384 e. The van der Waals surface area contributed by atoms with E-state index >= 15 is 0 Å². The van der Waals surface area contributed by atoms with Crippen LogP contribution < -0.4 is 5.32 Å². The SMILES string of the molecule is COCC(C)CNCc1cc(C)nn1C. The van der Waals surface area contributed by atoms with Gasteiger partial charge in [0.15, 0.2) is 0 Å². The molecule has 1 heterocycles. The van der Waals surface area contributed by atoms with Gasteiger partial charge < -0.3 is 10.1 Å². The molecule has 1 unspecified atom stereocenters. The van der Waals surface area contributed by atoms with Crippen LogP contribution >= 0.6 is 0 Å². The highest BCUT2D eigenvalue weighted by molar-refractivity contribution is 5.08. The fourth-order valence-electron chi connectivity index (χ4n) is 1.62. The summed E-state index contributed by atoms with van der Waals surface area (Å²) < 4.78 is 7.00. The molecule has 1 rings (SSSR count). The summed E-state index contributed by atoms with van der Waals surface area (Å²) >= 11 is 0. The first kappa shape index (κ1) is 12.2. The van der Waals surface area contributed by atoms with Crippen LogP contribution in [0.3, 0.4) is 0 Å². The lowest BCUT2D eigenvalue weighted by atomic mass is 10.2. The third kappa shape index (κ3) is 4.01. The lowest BCUT2D eigenvalue weighted by molar-refractivity contribution is 0.158. The molecule has 4 heteroatoms. The molecule has 86 valence electrons. The molecule has 1 aromatic heterocycles. The molecule has 1 N–H and O–H groups in total. The number of nitrogens with zero attached hydrogens (tertiary/aromatic N) is 2. The van der Waals surface area contributed by atoms with Crippen LogP contribution in [0.15, 0.2) is 6.07 Å². The van der Waals surface area contributed by atoms with Crippen molar-refractivity contribution in [1.82, 2.24) is 15.1 Å². The Hall–Kier alpha value is -0.870. The number of ether oxygens (including phenoxy) is 1. The molecule has 0 amide bonds. The molecule has 0 spiro atoms. The number of nitrogens with one attached hydrogen (secondary N) is 1. The van der Waals surface area contributed by atoms with Crippen molar-refractivity contribution < 1.29 is 4.74 Å². The molecule has 0 radical (unpaired) electrons. The molecule has 1 aromatic rings. The predicted octanol–water partition coefficient (Wildman–Crippen LogP) is 1.10. The monoisotopic (exact) mass is 211 g/mol. The molecule has 0 bridgehead atoms. The van der Waals surface area contributed by atoms with Gasteiger partial charge in [-0.1, -0.05) is 6.92 Å². The summed E-state index contributed by atoms with van der Waals surface area (Å²) in [6, 6.07) is 2.11. The van der Waals surface area contributed by atoms with Crippen LogP contribution in [0.25, 0.3) is 0 Å². The molecule has 0 saturated carbocycles. The maximum absolute atomic E-state index is 5.08. The van der Waals surface area contributed by atoms with Crippen LogP contribution in [0.2, 0.25) is 0 Å². The second kappa shape index (κ2) is 5.88. The summed E-state index contributed by atoms with van der Waals surface area (Å²) in [4.78, 5) is 0. The topological polar surface area (TPSA) is 39.1 Å². The number of rotatable bonds is 6. The fourth-order valence-corrected chi connectivity index (χ4v) is 1.62. The van der Waals surface area contributed by atoms with Crippen LogP contribution in [0.4, 0.5) is 0 Å². The zero-order valence-electron chi connectivity index (χ0n) is 10.1. The van der Waals surface area contributed by atoms with Gasteiger partial charge in [-0.3, -0.25) is 4.68 Å². The van der Waals surface area contributed by atoms with Crippen molar-refractivity contribution >= 4 is 0 Å². The molecular weight excluding hydrogens is 190 g/mol. The molecule has 0 aliphatic heterocycles. The standard InChI is InChI=1S/C11H21N3O/c1-9(8-15-4)6-12-7-11-5-10(2)13-14(11)3/h5,9,12H,6-8H2,1-4H3. The Morgan fingerprint density at radius 1 is 1.60 bits per heavy atom. The zero-order chi connectivity index (χ0) is 11.3.